The van der Waals surface area contributed by atoms with E-state index in [4.69, 9.17) is 5.26 Å². The van der Waals surface area contributed by atoms with Crippen LogP contribution in [-0.4, -0.2) is 23.6 Å². The number of nitrogens with one attached hydrogen (secondary N) is 1. The number of thioether (sulfide) groups is 1. The molecule has 0 aromatic heterocycles. The fourth-order valence-corrected chi connectivity index (χ4v) is 3.28. The predicted molar refractivity (Wildman–Crippen MR) is 67.0 cm³/mol. The van der Waals surface area contributed by atoms with Gasteiger partial charge in [-0.25, -0.2) is 0 Å². The number of hydrogen-bond donors (Lipinski definition) is 1. The minimum absolute atomic E-state index is 0.323. The Labute approximate surface area is 97.8 Å². The van der Waals surface area contributed by atoms with Gasteiger partial charge in [-0.05, 0) is 45.4 Å². The van der Waals surface area contributed by atoms with Gasteiger partial charge < -0.3 is 5.32 Å². The van der Waals surface area contributed by atoms with Crippen molar-refractivity contribution in [1.82, 2.24) is 5.32 Å². The van der Waals surface area contributed by atoms with Gasteiger partial charge >= 0.3 is 0 Å². The summed E-state index contributed by atoms with van der Waals surface area (Å²) in [6.07, 6.45) is 7.76. The average Bonchev–Trinajstić information content (AvgIpc) is 2.77. The molecule has 1 aliphatic carbocycles. The molecule has 1 saturated carbocycles. The maximum absolute atomic E-state index is 8.98. The van der Waals surface area contributed by atoms with Crippen molar-refractivity contribution in [1.29, 1.82) is 5.26 Å². The molecule has 0 saturated heterocycles. The van der Waals surface area contributed by atoms with Crippen molar-refractivity contribution in [3.63, 3.8) is 0 Å². The molecule has 1 rings (SSSR count). The smallest absolute Gasteiger partial charge is 0.103 e. The van der Waals surface area contributed by atoms with E-state index in [2.05, 4.69) is 23.1 Å². The van der Waals surface area contributed by atoms with E-state index in [1.54, 1.807) is 0 Å². The molecule has 0 aromatic carbocycles. The number of nitrogens with zero attached hydrogens (tertiary/aromatic N) is 1. The predicted octanol–water partition coefficient (Wildman–Crippen LogP) is 2.94. The molecule has 0 aliphatic heterocycles. The Kier molecular flexibility index (Phi) is 5.49. The van der Waals surface area contributed by atoms with Crippen molar-refractivity contribution < 1.29 is 0 Å². The van der Waals surface area contributed by atoms with Crippen LogP contribution in [0.1, 0.15) is 45.4 Å². The zero-order valence-corrected chi connectivity index (χ0v) is 10.7. The molecule has 2 nitrogen and oxygen atoms in total. The first-order chi connectivity index (χ1) is 7.20. The van der Waals surface area contributed by atoms with E-state index in [0.29, 0.717) is 0 Å². The zero-order chi connectivity index (χ0) is 11.1. The minimum atomic E-state index is -0.323. The van der Waals surface area contributed by atoms with Crippen LogP contribution in [0.15, 0.2) is 0 Å². The summed E-state index contributed by atoms with van der Waals surface area (Å²) in [6, 6.07) is 2.34. The van der Waals surface area contributed by atoms with Crippen molar-refractivity contribution in [2.75, 3.05) is 12.8 Å². The second-order valence-electron chi connectivity index (χ2n) is 4.57. The molecule has 0 spiro atoms. The van der Waals surface area contributed by atoms with Gasteiger partial charge in [0.2, 0.25) is 0 Å². The quantitative estimate of drug-likeness (QED) is 0.707. The Hall–Kier alpha value is -0.200. The summed E-state index contributed by atoms with van der Waals surface area (Å²) < 4.78 is 0. The maximum atomic E-state index is 8.98. The Morgan fingerprint density at radius 1 is 1.47 bits per heavy atom. The van der Waals surface area contributed by atoms with Crippen molar-refractivity contribution in [3.8, 4) is 6.07 Å². The molecule has 0 bridgehead atoms. The highest BCUT2D eigenvalue weighted by Crippen LogP contribution is 2.30. The topological polar surface area (TPSA) is 35.8 Å². The Morgan fingerprint density at radius 3 is 2.67 bits per heavy atom. The fraction of sp³-hybridized carbons (Fsp3) is 0.917. The van der Waals surface area contributed by atoms with Gasteiger partial charge in [-0.3, -0.25) is 0 Å². The third-order valence-electron chi connectivity index (χ3n) is 3.28. The first-order valence-electron chi connectivity index (χ1n) is 5.92. The standard InChI is InChI=1S/C12H22N2S/c1-12(10-13,14-2)8-5-9-15-11-6-3-4-7-11/h11,14H,3-9H2,1-2H3. The fourth-order valence-electron chi connectivity index (χ4n) is 1.97. The second-order valence-corrected chi connectivity index (χ2v) is 5.98. The molecule has 15 heavy (non-hydrogen) atoms. The molecule has 3 heteroatoms. The van der Waals surface area contributed by atoms with E-state index in [-0.39, 0.29) is 5.54 Å². The highest BCUT2D eigenvalue weighted by molar-refractivity contribution is 7.99. The number of nitriles is 1. The van der Waals surface area contributed by atoms with Crippen LogP contribution < -0.4 is 5.32 Å². The van der Waals surface area contributed by atoms with Gasteiger partial charge in [0.25, 0.3) is 0 Å². The summed E-state index contributed by atoms with van der Waals surface area (Å²) in [6.45, 7) is 1.98. The molecule has 1 aliphatic rings. The van der Waals surface area contributed by atoms with E-state index < -0.39 is 0 Å². The summed E-state index contributed by atoms with van der Waals surface area (Å²) >= 11 is 2.11. The molecule has 1 unspecified atom stereocenters. The Morgan fingerprint density at radius 2 is 2.13 bits per heavy atom. The van der Waals surface area contributed by atoms with Crippen LogP contribution in [0.4, 0.5) is 0 Å². The molecular formula is C12H22N2S. The zero-order valence-electron chi connectivity index (χ0n) is 9.88. The molecule has 0 amide bonds. The SMILES string of the molecule is CNC(C)(C#N)CCCSC1CCCC1. The van der Waals surface area contributed by atoms with Crippen LogP contribution >= 0.6 is 11.8 Å². The summed E-state index contributed by atoms with van der Waals surface area (Å²) in [7, 11) is 1.87. The van der Waals surface area contributed by atoms with Gasteiger partial charge in [0.15, 0.2) is 0 Å². The highest BCUT2D eigenvalue weighted by atomic mass is 32.2. The second kappa shape index (κ2) is 6.40. The van der Waals surface area contributed by atoms with E-state index >= 15 is 0 Å². The first-order valence-corrected chi connectivity index (χ1v) is 6.97. The minimum Gasteiger partial charge on any atom is -0.303 e. The third kappa shape index (κ3) is 4.44. The van der Waals surface area contributed by atoms with Crippen molar-refractivity contribution in [3.05, 3.63) is 0 Å². The van der Waals surface area contributed by atoms with Crippen LogP contribution in [0.25, 0.3) is 0 Å². The largest absolute Gasteiger partial charge is 0.303 e. The maximum Gasteiger partial charge on any atom is 0.103 e. The lowest BCUT2D eigenvalue weighted by Gasteiger charge is -2.20. The van der Waals surface area contributed by atoms with Crippen molar-refractivity contribution in [2.24, 2.45) is 0 Å². The van der Waals surface area contributed by atoms with Crippen LogP contribution in [-0.2, 0) is 0 Å². The molecule has 0 aromatic rings. The summed E-state index contributed by atoms with van der Waals surface area (Å²) in [4.78, 5) is 0. The van der Waals surface area contributed by atoms with Gasteiger partial charge in [0, 0.05) is 5.25 Å². The molecule has 1 atom stereocenters. The lowest BCUT2D eigenvalue weighted by atomic mass is 9.99. The first kappa shape index (κ1) is 12.9. The van der Waals surface area contributed by atoms with Crippen molar-refractivity contribution >= 4 is 11.8 Å². The third-order valence-corrected chi connectivity index (χ3v) is 4.74. The molecular weight excluding hydrogens is 204 g/mol. The number of rotatable bonds is 6. The molecule has 86 valence electrons. The molecule has 0 radical (unpaired) electrons. The van der Waals surface area contributed by atoms with Crippen LogP contribution in [0, 0.1) is 11.3 Å². The van der Waals surface area contributed by atoms with Gasteiger partial charge in [-0.1, -0.05) is 12.8 Å². The highest BCUT2D eigenvalue weighted by Gasteiger charge is 2.21. The normalized spacial score (nSPS) is 21.1. The Bertz CT molecular complexity index is 218. The van der Waals surface area contributed by atoms with Gasteiger partial charge in [0.05, 0.1) is 6.07 Å². The van der Waals surface area contributed by atoms with Crippen LogP contribution in [0.3, 0.4) is 0 Å². The Balaban J connectivity index is 2.08. The van der Waals surface area contributed by atoms with Crippen LogP contribution in [0.2, 0.25) is 0 Å². The van der Waals surface area contributed by atoms with E-state index in [1.807, 2.05) is 14.0 Å². The average molecular weight is 226 g/mol. The summed E-state index contributed by atoms with van der Waals surface area (Å²) in [5, 5.41) is 13.0. The van der Waals surface area contributed by atoms with Gasteiger partial charge in [-0.2, -0.15) is 17.0 Å². The van der Waals surface area contributed by atoms with E-state index in [9.17, 15) is 0 Å². The summed E-state index contributed by atoms with van der Waals surface area (Å²) in [5.41, 5.74) is -0.323. The lowest BCUT2D eigenvalue weighted by molar-refractivity contribution is 0.451. The molecule has 1 fully saturated rings. The number of hydrogen-bond acceptors (Lipinski definition) is 3. The van der Waals surface area contributed by atoms with Crippen LogP contribution in [0.5, 0.6) is 0 Å². The monoisotopic (exact) mass is 226 g/mol. The molecule has 0 heterocycles. The molecule has 1 N–H and O–H groups in total. The van der Waals surface area contributed by atoms with E-state index in [0.717, 1.165) is 18.1 Å². The van der Waals surface area contributed by atoms with Gasteiger partial charge in [-0.15, -0.1) is 0 Å². The summed E-state index contributed by atoms with van der Waals surface area (Å²) in [5.74, 6) is 1.21. The van der Waals surface area contributed by atoms with Gasteiger partial charge in [0.1, 0.15) is 5.54 Å². The lowest BCUT2D eigenvalue weighted by Crippen LogP contribution is -2.37. The van der Waals surface area contributed by atoms with Crippen molar-refractivity contribution in [2.45, 2.75) is 56.2 Å². The van der Waals surface area contributed by atoms with E-state index in [1.165, 1.54) is 31.4 Å².